The summed E-state index contributed by atoms with van der Waals surface area (Å²) in [6.07, 6.45) is 0.544. The lowest BCUT2D eigenvalue weighted by Crippen LogP contribution is -2.26. The van der Waals surface area contributed by atoms with Crippen LogP contribution in [-0.4, -0.2) is 20.9 Å². The molecule has 106 valence electrons. The number of primary amides is 1. The lowest BCUT2D eigenvalue weighted by Gasteiger charge is -2.10. The van der Waals surface area contributed by atoms with Gasteiger partial charge in [0, 0.05) is 19.5 Å². The van der Waals surface area contributed by atoms with Crippen molar-refractivity contribution in [3.05, 3.63) is 29.3 Å². The summed E-state index contributed by atoms with van der Waals surface area (Å²) in [5.41, 5.74) is 12.0. The molecule has 0 bridgehead atoms. The minimum absolute atomic E-state index is 0.160. The first-order valence-electron chi connectivity index (χ1n) is 5.94. The zero-order valence-corrected chi connectivity index (χ0v) is 11.7. The van der Waals surface area contributed by atoms with Crippen molar-refractivity contribution in [1.82, 2.24) is 4.72 Å². The Morgan fingerprint density at radius 1 is 1.37 bits per heavy atom. The summed E-state index contributed by atoms with van der Waals surface area (Å²) in [6.45, 7) is 2.27. The van der Waals surface area contributed by atoms with E-state index in [4.69, 9.17) is 11.5 Å². The number of hydrogen-bond acceptors (Lipinski definition) is 4. The lowest BCUT2D eigenvalue weighted by atomic mass is 10.1. The second-order valence-electron chi connectivity index (χ2n) is 4.27. The highest BCUT2D eigenvalue weighted by atomic mass is 32.2. The number of nitrogens with one attached hydrogen (secondary N) is 1. The predicted octanol–water partition coefficient (Wildman–Crippen LogP) is -0.00248. The first kappa shape index (κ1) is 15.6. The van der Waals surface area contributed by atoms with E-state index in [9.17, 15) is 13.2 Å². The molecule has 5 N–H and O–H groups in total. The molecule has 0 aliphatic carbocycles. The fourth-order valence-electron chi connectivity index (χ4n) is 1.69. The Bertz CT molecular complexity index is 555. The zero-order chi connectivity index (χ0) is 14.5. The van der Waals surface area contributed by atoms with E-state index < -0.39 is 15.9 Å². The third-order valence-electron chi connectivity index (χ3n) is 2.66. The second kappa shape index (κ2) is 6.65. The van der Waals surface area contributed by atoms with Crippen LogP contribution in [0.3, 0.4) is 0 Å². The van der Waals surface area contributed by atoms with Gasteiger partial charge in [-0.3, -0.25) is 4.79 Å². The first-order chi connectivity index (χ1) is 8.86. The van der Waals surface area contributed by atoms with Crippen LogP contribution in [0.25, 0.3) is 0 Å². The van der Waals surface area contributed by atoms with E-state index in [0.717, 1.165) is 5.56 Å². The van der Waals surface area contributed by atoms with Crippen molar-refractivity contribution in [2.45, 2.75) is 31.2 Å². The lowest BCUT2D eigenvalue weighted by molar-refractivity contribution is -0.118. The van der Waals surface area contributed by atoms with Crippen LogP contribution in [0.2, 0.25) is 0 Å². The molecule has 0 saturated carbocycles. The smallest absolute Gasteiger partial charge is 0.240 e. The first-order valence-corrected chi connectivity index (χ1v) is 7.42. The van der Waals surface area contributed by atoms with Gasteiger partial charge in [0.1, 0.15) is 0 Å². The molecule has 0 aliphatic rings. The summed E-state index contributed by atoms with van der Waals surface area (Å²) in [7, 11) is -3.56. The Morgan fingerprint density at radius 3 is 2.58 bits per heavy atom. The third kappa shape index (κ3) is 4.62. The molecule has 0 heterocycles. The van der Waals surface area contributed by atoms with Gasteiger partial charge in [-0.05, 0) is 30.5 Å². The molecule has 1 rings (SSSR count). The van der Waals surface area contributed by atoms with Crippen molar-refractivity contribution in [2.24, 2.45) is 11.5 Å². The number of carbonyl (C=O) groups excluding carboxylic acids is 1. The number of nitrogens with two attached hydrogens (primary N) is 2. The van der Waals surface area contributed by atoms with Crippen molar-refractivity contribution in [1.29, 1.82) is 0 Å². The van der Waals surface area contributed by atoms with Gasteiger partial charge in [-0.1, -0.05) is 12.1 Å². The molecular weight excluding hydrogens is 266 g/mol. The summed E-state index contributed by atoms with van der Waals surface area (Å²) in [5.74, 6) is -0.442. The number of aryl methyl sites for hydroxylation is 1. The van der Waals surface area contributed by atoms with Gasteiger partial charge < -0.3 is 11.5 Å². The number of hydrogen-bond donors (Lipinski definition) is 3. The quantitative estimate of drug-likeness (QED) is 0.611. The van der Waals surface area contributed by atoms with Crippen molar-refractivity contribution in [2.75, 3.05) is 6.54 Å². The van der Waals surface area contributed by atoms with Crippen LogP contribution < -0.4 is 16.2 Å². The molecule has 0 saturated heterocycles. The van der Waals surface area contributed by atoms with Crippen molar-refractivity contribution < 1.29 is 13.2 Å². The molecule has 0 aliphatic heterocycles. The van der Waals surface area contributed by atoms with Crippen LogP contribution in [0.4, 0.5) is 0 Å². The molecule has 19 heavy (non-hydrogen) atoms. The summed E-state index contributed by atoms with van der Waals surface area (Å²) >= 11 is 0. The maximum atomic E-state index is 12.0. The van der Waals surface area contributed by atoms with Gasteiger partial charge in [-0.25, -0.2) is 13.1 Å². The van der Waals surface area contributed by atoms with Gasteiger partial charge >= 0.3 is 0 Å². The van der Waals surface area contributed by atoms with E-state index in [1.807, 2.05) is 0 Å². The predicted molar refractivity (Wildman–Crippen MR) is 72.7 cm³/mol. The maximum absolute atomic E-state index is 12.0. The van der Waals surface area contributed by atoms with Crippen molar-refractivity contribution >= 4 is 15.9 Å². The average Bonchev–Trinajstić information content (AvgIpc) is 2.34. The summed E-state index contributed by atoms with van der Waals surface area (Å²) < 4.78 is 26.5. The molecule has 0 fully saturated rings. The highest BCUT2D eigenvalue weighted by Crippen LogP contribution is 2.16. The molecule has 1 aromatic rings. The van der Waals surface area contributed by atoms with E-state index >= 15 is 0 Å². The number of amides is 1. The average molecular weight is 285 g/mol. The number of benzene rings is 1. The molecule has 0 radical (unpaired) electrons. The minimum atomic E-state index is -3.56. The highest BCUT2D eigenvalue weighted by Gasteiger charge is 2.16. The van der Waals surface area contributed by atoms with Crippen LogP contribution in [0.5, 0.6) is 0 Å². The largest absolute Gasteiger partial charge is 0.370 e. The van der Waals surface area contributed by atoms with E-state index in [1.54, 1.807) is 19.1 Å². The van der Waals surface area contributed by atoms with Crippen LogP contribution >= 0.6 is 0 Å². The van der Waals surface area contributed by atoms with Crippen LogP contribution in [0.15, 0.2) is 23.1 Å². The monoisotopic (exact) mass is 285 g/mol. The van der Waals surface area contributed by atoms with Crippen molar-refractivity contribution in [3.63, 3.8) is 0 Å². The topological polar surface area (TPSA) is 115 Å². The Hall–Kier alpha value is -1.44. The fraction of sp³-hybridized carbons (Fsp3) is 0.417. The Kier molecular flexibility index (Phi) is 5.46. The van der Waals surface area contributed by atoms with Gasteiger partial charge in [0.15, 0.2) is 0 Å². The Balaban J connectivity index is 2.74. The van der Waals surface area contributed by atoms with Crippen LogP contribution in [-0.2, 0) is 21.4 Å². The summed E-state index contributed by atoms with van der Waals surface area (Å²) in [5, 5.41) is 0. The van der Waals surface area contributed by atoms with E-state index in [1.165, 1.54) is 6.07 Å². The van der Waals surface area contributed by atoms with Gasteiger partial charge in [0.2, 0.25) is 15.9 Å². The maximum Gasteiger partial charge on any atom is 0.240 e. The number of rotatable bonds is 7. The molecule has 0 atom stereocenters. The fourth-order valence-corrected chi connectivity index (χ4v) is 2.99. The second-order valence-corrected chi connectivity index (χ2v) is 6.01. The van der Waals surface area contributed by atoms with E-state index in [2.05, 4.69) is 4.72 Å². The minimum Gasteiger partial charge on any atom is -0.370 e. The SMILES string of the molecule is Cc1cc(CN)ccc1S(=O)(=O)NCCCC(N)=O. The molecule has 7 heteroatoms. The zero-order valence-electron chi connectivity index (χ0n) is 10.8. The summed E-state index contributed by atoms with van der Waals surface area (Å²) in [6, 6.07) is 4.97. The molecule has 6 nitrogen and oxygen atoms in total. The van der Waals surface area contributed by atoms with Gasteiger partial charge in [-0.2, -0.15) is 0 Å². The number of carbonyl (C=O) groups is 1. The van der Waals surface area contributed by atoms with Gasteiger partial charge in [0.05, 0.1) is 4.90 Å². The van der Waals surface area contributed by atoms with Crippen LogP contribution in [0.1, 0.15) is 24.0 Å². The molecule has 1 aromatic carbocycles. The molecule has 0 spiro atoms. The van der Waals surface area contributed by atoms with E-state index in [-0.39, 0.29) is 17.9 Å². The van der Waals surface area contributed by atoms with Crippen LogP contribution in [0, 0.1) is 6.92 Å². The third-order valence-corrected chi connectivity index (χ3v) is 4.28. The molecule has 0 unspecified atom stereocenters. The van der Waals surface area contributed by atoms with Gasteiger partial charge in [-0.15, -0.1) is 0 Å². The Labute approximate surface area is 113 Å². The normalized spacial score (nSPS) is 11.5. The summed E-state index contributed by atoms with van der Waals surface area (Å²) in [4.78, 5) is 10.8. The number of sulfonamides is 1. The highest BCUT2D eigenvalue weighted by molar-refractivity contribution is 7.89. The standard InChI is InChI=1S/C12H19N3O3S/c1-9-7-10(8-13)4-5-11(9)19(17,18)15-6-2-3-12(14)16/h4-5,7,15H,2-3,6,8,13H2,1H3,(H2,14,16). The van der Waals surface area contributed by atoms with Crippen molar-refractivity contribution in [3.8, 4) is 0 Å². The molecule has 1 amide bonds. The molecular formula is C12H19N3O3S. The molecule has 0 aromatic heterocycles. The van der Waals surface area contributed by atoms with E-state index in [0.29, 0.717) is 18.5 Å². The van der Waals surface area contributed by atoms with Gasteiger partial charge in [0.25, 0.3) is 0 Å². The Morgan fingerprint density at radius 2 is 2.05 bits per heavy atom.